The van der Waals surface area contributed by atoms with E-state index in [1.54, 1.807) is 0 Å². The normalized spacial score (nSPS) is 23.4. The number of hydrogen-bond acceptors (Lipinski definition) is 4. The quantitative estimate of drug-likeness (QED) is 0.739. The van der Waals surface area contributed by atoms with Crippen LogP contribution in [0.5, 0.6) is 0 Å². The lowest BCUT2D eigenvalue weighted by atomic mass is 9.77. The summed E-state index contributed by atoms with van der Waals surface area (Å²) in [7, 11) is -2.86. The summed E-state index contributed by atoms with van der Waals surface area (Å²) in [5.41, 5.74) is 0.141. The van der Waals surface area contributed by atoms with Crippen LogP contribution in [0.1, 0.15) is 45.4 Å². The zero-order chi connectivity index (χ0) is 13.8. The summed E-state index contributed by atoms with van der Waals surface area (Å²) in [6, 6.07) is 0.687. The van der Waals surface area contributed by atoms with Crippen molar-refractivity contribution in [2.24, 2.45) is 5.41 Å². The summed E-state index contributed by atoms with van der Waals surface area (Å²) >= 11 is 0. The van der Waals surface area contributed by atoms with Crippen molar-refractivity contribution < 1.29 is 13.2 Å². The van der Waals surface area contributed by atoms with Crippen molar-refractivity contribution in [1.82, 2.24) is 5.32 Å². The summed E-state index contributed by atoms with van der Waals surface area (Å²) < 4.78 is 29.3. The zero-order valence-electron chi connectivity index (χ0n) is 12.0. The van der Waals surface area contributed by atoms with Gasteiger partial charge in [0.15, 0.2) is 0 Å². The third-order valence-corrected chi connectivity index (χ3v) is 6.21. The lowest BCUT2D eigenvalue weighted by Gasteiger charge is -2.37. The van der Waals surface area contributed by atoms with Gasteiger partial charge in [0.25, 0.3) is 0 Å². The Hall–Kier alpha value is -0.130. The molecule has 2 aliphatic rings. The average molecular weight is 289 g/mol. The fourth-order valence-corrected chi connectivity index (χ4v) is 4.32. The molecule has 19 heavy (non-hydrogen) atoms. The molecule has 1 aliphatic heterocycles. The molecule has 1 aliphatic carbocycles. The molecule has 0 aromatic rings. The minimum atomic E-state index is -2.86. The van der Waals surface area contributed by atoms with E-state index in [-0.39, 0.29) is 5.41 Å². The molecule has 1 N–H and O–H groups in total. The molecule has 0 radical (unpaired) electrons. The van der Waals surface area contributed by atoms with Gasteiger partial charge in [0, 0.05) is 31.6 Å². The maximum absolute atomic E-state index is 11.9. The number of hydrogen-bond donors (Lipinski definition) is 1. The predicted octanol–water partition coefficient (Wildman–Crippen LogP) is 1.75. The topological polar surface area (TPSA) is 55.4 Å². The first kappa shape index (κ1) is 15.3. The van der Waals surface area contributed by atoms with Crippen LogP contribution in [-0.2, 0) is 14.6 Å². The van der Waals surface area contributed by atoms with Crippen LogP contribution in [0.15, 0.2) is 0 Å². The minimum absolute atomic E-state index is 0.141. The second-order valence-corrected chi connectivity index (χ2v) is 8.47. The van der Waals surface area contributed by atoms with E-state index in [4.69, 9.17) is 4.74 Å². The van der Waals surface area contributed by atoms with Crippen molar-refractivity contribution in [3.63, 3.8) is 0 Å². The van der Waals surface area contributed by atoms with Crippen LogP contribution < -0.4 is 5.32 Å². The smallest absolute Gasteiger partial charge is 0.150 e. The lowest BCUT2D eigenvalue weighted by Crippen LogP contribution is -2.41. The third kappa shape index (κ3) is 5.04. The van der Waals surface area contributed by atoms with Gasteiger partial charge in [-0.2, -0.15) is 0 Å². The molecule has 0 amide bonds. The summed E-state index contributed by atoms with van der Waals surface area (Å²) in [5, 5.41) is 3.59. The molecular formula is C14H27NO3S. The highest BCUT2D eigenvalue weighted by atomic mass is 32.2. The Kier molecular flexibility index (Phi) is 5.26. The van der Waals surface area contributed by atoms with Crippen LogP contribution >= 0.6 is 0 Å². The largest absolute Gasteiger partial charge is 0.381 e. The van der Waals surface area contributed by atoms with E-state index in [1.165, 1.54) is 12.8 Å². The lowest BCUT2D eigenvalue weighted by molar-refractivity contribution is 0.0130. The van der Waals surface area contributed by atoms with E-state index in [1.807, 2.05) is 6.92 Å². The van der Waals surface area contributed by atoms with Gasteiger partial charge in [-0.1, -0.05) is 6.92 Å². The van der Waals surface area contributed by atoms with E-state index in [0.29, 0.717) is 17.5 Å². The molecule has 0 bridgehead atoms. The van der Waals surface area contributed by atoms with Crippen molar-refractivity contribution in [2.75, 3.05) is 31.3 Å². The Morgan fingerprint density at radius 3 is 2.47 bits per heavy atom. The van der Waals surface area contributed by atoms with Gasteiger partial charge in [-0.3, -0.25) is 0 Å². The number of sulfone groups is 1. The average Bonchev–Trinajstić information content (AvgIpc) is 3.20. The maximum atomic E-state index is 11.9. The van der Waals surface area contributed by atoms with Crippen molar-refractivity contribution in [2.45, 2.75) is 51.5 Å². The van der Waals surface area contributed by atoms with Crippen LogP contribution in [0.3, 0.4) is 0 Å². The fourth-order valence-electron chi connectivity index (χ4n) is 2.75. The molecular weight excluding hydrogens is 262 g/mol. The van der Waals surface area contributed by atoms with Crippen molar-refractivity contribution in [3.8, 4) is 0 Å². The van der Waals surface area contributed by atoms with Crippen LogP contribution in [0, 0.1) is 5.41 Å². The predicted molar refractivity (Wildman–Crippen MR) is 77.1 cm³/mol. The monoisotopic (exact) mass is 289 g/mol. The first-order valence-electron chi connectivity index (χ1n) is 7.57. The zero-order valence-corrected chi connectivity index (χ0v) is 12.8. The van der Waals surface area contributed by atoms with E-state index in [0.717, 1.165) is 45.4 Å². The first-order chi connectivity index (χ1) is 9.05. The highest BCUT2D eigenvalue weighted by Gasteiger charge is 2.35. The van der Waals surface area contributed by atoms with E-state index in [9.17, 15) is 8.42 Å². The van der Waals surface area contributed by atoms with Gasteiger partial charge in [0.05, 0.1) is 5.75 Å². The van der Waals surface area contributed by atoms with Gasteiger partial charge >= 0.3 is 0 Å². The molecule has 4 nitrogen and oxygen atoms in total. The Balaban J connectivity index is 1.88. The molecule has 0 aromatic heterocycles. The molecule has 1 saturated carbocycles. The Labute approximate surface area is 117 Å². The SMILES string of the molecule is CCCS(=O)(=O)CCC1(CNC2CC2)CCOCC1. The van der Waals surface area contributed by atoms with E-state index >= 15 is 0 Å². The number of nitrogens with one attached hydrogen (secondary N) is 1. The Morgan fingerprint density at radius 2 is 1.89 bits per heavy atom. The van der Waals surface area contributed by atoms with Gasteiger partial charge in [-0.15, -0.1) is 0 Å². The van der Waals surface area contributed by atoms with E-state index in [2.05, 4.69) is 5.32 Å². The van der Waals surface area contributed by atoms with Gasteiger partial charge in [0.1, 0.15) is 9.84 Å². The van der Waals surface area contributed by atoms with Crippen LogP contribution in [0.2, 0.25) is 0 Å². The summed E-state index contributed by atoms with van der Waals surface area (Å²) in [6.07, 6.45) is 6.06. The first-order valence-corrected chi connectivity index (χ1v) is 9.39. The molecule has 112 valence electrons. The molecule has 2 rings (SSSR count). The van der Waals surface area contributed by atoms with Gasteiger partial charge < -0.3 is 10.1 Å². The van der Waals surface area contributed by atoms with Crippen LogP contribution in [0.4, 0.5) is 0 Å². The third-order valence-electron chi connectivity index (χ3n) is 4.36. The van der Waals surface area contributed by atoms with Crippen molar-refractivity contribution >= 4 is 9.84 Å². The summed E-state index contributed by atoms with van der Waals surface area (Å²) in [4.78, 5) is 0. The molecule has 1 heterocycles. The second kappa shape index (κ2) is 6.55. The number of rotatable bonds is 8. The molecule has 0 aromatic carbocycles. The molecule has 0 unspecified atom stereocenters. The molecule has 0 spiro atoms. The molecule has 5 heteroatoms. The highest BCUT2D eigenvalue weighted by molar-refractivity contribution is 7.91. The van der Waals surface area contributed by atoms with Gasteiger partial charge in [0.2, 0.25) is 0 Å². The number of ether oxygens (including phenoxy) is 1. The highest BCUT2D eigenvalue weighted by Crippen LogP contribution is 2.35. The summed E-state index contributed by atoms with van der Waals surface area (Å²) in [5.74, 6) is 0.669. The second-order valence-electron chi connectivity index (χ2n) is 6.17. The minimum Gasteiger partial charge on any atom is -0.381 e. The standard InChI is InChI=1S/C14H27NO3S/c1-2-10-19(16,17)11-7-14(5-8-18-9-6-14)12-15-13-3-4-13/h13,15H,2-12H2,1H3. The van der Waals surface area contributed by atoms with E-state index < -0.39 is 9.84 Å². The Bertz CT molecular complexity index is 370. The van der Waals surface area contributed by atoms with Crippen molar-refractivity contribution in [1.29, 1.82) is 0 Å². The Morgan fingerprint density at radius 1 is 1.21 bits per heavy atom. The van der Waals surface area contributed by atoms with Gasteiger partial charge in [-0.25, -0.2) is 8.42 Å². The van der Waals surface area contributed by atoms with Crippen molar-refractivity contribution in [3.05, 3.63) is 0 Å². The molecule has 2 fully saturated rings. The summed E-state index contributed by atoms with van der Waals surface area (Å²) in [6.45, 7) is 4.44. The van der Waals surface area contributed by atoms with Crippen LogP contribution in [-0.4, -0.2) is 45.7 Å². The molecule has 0 atom stereocenters. The van der Waals surface area contributed by atoms with Crippen LogP contribution in [0.25, 0.3) is 0 Å². The molecule has 1 saturated heterocycles. The maximum Gasteiger partial charge on any atom is 0.150 e. The van der Waals surface area contributed by atoms with Gasteiger partial charge in [-0.05, 0) is 43.9 Å². The fraction of sp³-hybridized carbons (Fsp3) is 1.00.